The fraction of sp³-hybridized carbons (Fsp3) is 0.192. The van der Waals surface area contributed by atoms with E-state index in [4.69, 9.17) is 4.74 Å². The number of phenolic OH excluding ortho intramolecular Hbond substituents is 1. The van der Waals surface area contributed by atoms with E-state index in [1.54, 1.807) is 12.3 Å². The van der Waals surface area contributed by atoms with Crippen molar-refractivity contribution in [2.24, 2.45) is 10.9 Å². The molecule has 0 spiro atoms. The molecular weight excluding hydrogens is 452 g/mol. The van der Waals surface area contributed by atoms with E-state index in [0.717, 1.165) is 17.7 Å². The van der Waals surface area contributed by atoms with Crippen molar-refractivity contribution in [3.63, 3.8) is 0 Å². The normalized spacial score (nSPS) is 21.5. The van der Waals surface area contributed by atoms with Crippen molar-refractivity contribution in [1.29, 1.82) is 0 Å². The molecule has 0 unspecified atom stereocenters. The number of aromatic hydroxyl groups is 1. The summed E-state index contributed by atoms with van der Waals surface area (Å²) in [5, 5.41) is 13.7. The maximum Gasteiger partial charge on any atom is 0.172 e. The smallest absolute Gasteiger partial charge is 0.172 e. The second kappa shape index (κ2) is 8.23. The zero-order chi connectivity index (χ0) is 21.4. The number of aliphatic imine (C=N–C) groups is 1. The van der Waals surface area contributed by atoms with E-state index in [0.29, 0.717) is 22.1 Å². The molecule has 0 bridgehead atoms. The number of fused-ring (bicyclic) bond motifs is 3. The molecule has 3 atom stereocenters. The standard InChI is InChI=1S/C26H23BrN2O2/c1-31-24-14-16(13-22(27)26(24)30)15-28-18-11-9-17(10-12-18)25-21-7-4-6-19(21)20-5-2-3-8-23(20)29-25/h2-6,8-15,19,21,25,29-30H,7H2,1H3/t19-,21+,25-/m0/s1. The van der Waals surface area contributed by atoms with Gasteiger partial charge in [0.2, 0.25) is 0 Å². The van der Waals surface area contributed by atoms with Gasteiger partial charge in [0.15, 0.2) is 11.5 Å². The van der Waals surface area contributed by atoms with Gasteiger partial charge in [0.1, 0.15) is 0 Å². The Hall–Kier alpha value is -3.05. The Labute approximate surface area is 190 Å². The van der Waals surface area contributed by atoms with Gasteiger partial charge in [0.05, 0.1) is 23.3 Å². The molecule has 0 radical (unpaired) electrons. The molecule has 3 aromatic rings. The second-order valence-electron chi connectivity index (χ2n) is 7.97. The van der Waals surface area contributed by atoms with Crippen LogP contribution in [0.2, 0.25) is 0 Å². The van der Waals surface area contributed by atoms with Crippen LogP contribution in [0.25, 0.3) is 0 Å². The average Bonchev–Trinajstić information content (AvgIpc) is 3.30. The average molecular weight is 475 g/mol. The van der Waals surface area contributed by atoms with Crippen molar-refractivity contribution in [2.45, 2.75) is 18.4 Å². The molecule has 0 amide bonds. The highest BCUT2D eigenvalue weighted by Gasteiger charge is 2.37. The fourth-order valence-electron chi connectivity index (χ4n) is 4.61. The number of ether oxygens (including phenoxy) is 1. The first-order valence-corrected chi connectivity index (χ1v) is 11.2. The largest absolute Gasteiger partial charge is 0.503 e. The van der Waals surface area contributed by atoms with Gasteiger partial charge >= 0.3 is 0 Å². The van der Waals surface area contributed by atoms with E-state index in [9.17, 15) is 5.11 Å². The monoisotopic (exact) mass is 474 g/mol. The van der Waals surface area contributed by atoms with E-state index in [-0.39, 0.29) is 11.8 Å². The van der Waals surface area contributed by atoms with Gasteiger partial charge in [0, 0.05) is 17.8 Å². The van der Waals surface area contributed by atoms with Crippen molar-refractivity contribution in [3.05, 3.63) is 94.0 Å². The molecule has 31 heavy (non-hydrogen) atoms. The van der Waals surface area contributed by atoms with Crippen molar-refractivity contribution >= 4 is 33.5 Å². The zero-order valence-corrected chi connectivity index (χ0v) is 18.7. The Morgan fingerprint density at radius 2 is 1.94 bits per heavy atom. The molecule has 4 nitrogen and oxygen atoms in total. The van der Waals surface area contributed by atoms with E-state index < -0.39 is 0 Å². The minimum Gasteiger partial charge on any atom is -0.503 e. The Morgan fingerprint density at radius 3 is 2.74 bits per heavy atom. The Kier molecular flexibility index (Phi) is 5.28. The van der Waals surface area contributed by atoms with Gasteiger partial charge < -0.3 is 15.2 Å². The number of methoxy groups -OCH3 is 1. The number of rotatable bonds is 4. The summed E-state index contributed by atoms with van der Waals surface area (Å²) >= 11 is 3.35. The molecule has 0 fully saturated rings. The maximum absolute atomic E-state index is 9.96. The predicted molar refractivity (Wildman–Crippen MR) is 129 cm³/mol. The van der Waals surface area contributed by atoms with Crippen molar-refractivity contribution in [2.75, 3.05) is 12.4 Å². The molecule has 0 saturated heterocycles. The lowest BCUT2D eigenvalue weighted by atomic mass is 9.77. The van der Waals surface area contributed by atoms with Gasteiger partial charge in [0.25, 0.3) is 0 Å². The third-order valence-electron chi connectivity index (χ3n) is 6.16. The molecule has 3 aromatic carbocycles. The number of hydrogen-bond acceptors (Lipinski definition) is 4. The summed E-state index contributed by atoms with van der Waals surface area (Å²) < 4.78 is 5.78. The summed E-state index contributed by atoms with van der Waals surface area (Å²) in [6.45, 7) is 0. The minimum atomic E-state index is 0.0882. The molecule has 2 N–H and O–H groups in total. The first-order valence-electron chi connectivity index (χ1n) is 10.4. The minimum absolute atomic E-state index is 0.0882. The molecule has 1 aliphatic carbocycles. The molecule has 5 heteroatoms. The number of allylic oxidation sites excluding steroid dienone is 2. The lowest BCUT2D eigenvalue weighted by Crippen LogP contribution is -2.28. The van der Waals surface area contributed by atoms with Crippen LogP contribution in [0.1, 0.15) is 35.1 Å². The van der Waals surface area contributed by atoms with Gasteiger partial charge in [-0.15, -0.1) is 0 Å². The van der Waals surface area contributed by atoms with Crippen LogP contribution in [0.4, 0.5) is 11.4 Å². The molecule has 0 aromatic heterocycles. The van der Waals surface area contributed by atoms with Crippen LogP contribution in [-0.2, 0) is 0 Å². The molecule has 1 heterocycles. The third kappa shape index (κ3) is 3.74. The van der Waals surface area contributed by atoms with Crippen LogP contribution in [0.5, 0.6) is 11.5 Å². The predicted octanol–water partition coefficient (Wildman–Crippen LogP) is 6.74. The number of nitrogens with zero attached hydrogens (tertiary/aromatic N) is 1. The van der Waals surface area contributed by atoms with E-state index >= 15 is 0 Å². The molecule has 5 rings (SSSR count). The number of nitrogens with one attached hydrogen (secondary N) is 1. The zero-order valence-electron chi connectivity index (χ0n) is 17.1. The van der Waals surface area contributed by atoms with Crippen molar-refractivity contribution < 1.29 is 9.84 Å². The highest BCUT2D eigenvalue weighted by Crippen LogP contribution is 2.49. The van der Waals surface area contributed by atoms with Crippen LogP contribution < -0.4 is 10.1 Å². The summed E-state index contributed by atoms with van der Waals surface area (Å²) in [4.78, 5) is 4.60. The molecular formula is C26H23BrN2O2. The topological polar surface area (TPSA) is 53.8 Å². The maximum atomic E-state index is 9.96. The Bertz CT molecular complexity index is 1170. The number of anilines is 1. The van der Waals surface area contributed by atoms with E-state index in [2.05, 4.69) is 86.9 Å². The van der Waals surface area contributed by atoms with Gasteiger partial charge in [-0.3, -0.25) is 4.99 Å². The Balaban J connectivity index is 1.37. The summed E-state index contributed by atoms with van der Waals surface area (Å²) in [6.07, 6.45) is 7.54. The number of halogens is 1. The number of benzene rings is 3. The lowest BCUT2D eigenvalue weighted by molar-refractivity contribution is 0.372. The first kappa shape index (κ1) is 19.9. The van der Waals surface area contributed by atoms with Gasteiger partial charge in [-0.1, -0.05) is 42.5 Å². The fourth-order valence-corrected chi connectivity index (χ4v) is 5.07. The van der Waals surface area contributed by atoms with Gasteiger partial charge in [-0.25, -0.2) is 0 Å². The highest BCUT2D eigenvalue weighted by molar-refractivity contribution is 9.10. The van der Waals surface area contributed by atoms with Crippen LogP contribution >= 0.6 is 15.9 Å². The lowest BCUT2D eigenvalue weighted by Gasteiger charge is -2.37. The molecule has 156 valence electrons. The summed E-state index contributed by atoms with van der Waals surface area (Å²) in [5.41, 5.74) is 5.63. The number of para-hydroxylation sites is 1. The van der Waals surface area contributed by atoms with E-state index in [1.807, 2.05) is 6.07 Å². The van der Waals surface area contributed by atoms with Crippen LogP contribution in [0, 0.1) is 5.92 Å². The van der Waals surface area contributed by atoms with Gasteiger partial charge in [-0.05, 0) is 75.3 Å². The number of hydrogen-bond donors (Lipinski definition) is 2. The highest BCUT2D eigenvalue weighted by atomic mass is 79.9. The second-order valence-corrected chi connectivity index (χ2v) is 8.82. The SMILES string of the molecule is COc1cc(C=Nc2ccc([C@@H]3Nc4ccccc4[C@@H]4C=CC[C@H]43)cc2)cc(Br)c1O. The van der Waals surface area contributed by atoms with Crippen LogP contribution in [0.15, 0.2) is 82.3 Å². The van der Waals surface area contributed by atoms with Gasteiger partial charge in [-0.2, -0.15) is 0 Å². The first-order chi connectivity index (χ1) is 15.1. The quantitative estimate of drug-likeness (QED) is 0.325. The third-order valence-corrected chi connectivity index (χ3v) is 6.76. The number of phenols is 1. The van der Waals surface area contributed by atoms with Crippen molar-refractivity contribution in [1.82, 2.24) is 0 Å². The van der Waals surface area contributed by atoms with Crippen molar-refractivity contribution in [3.8, 4) is 11.5 Å². The van der Waals surface area contributed by atoms with Crippen LogP contribution in [-0.4, -0.2) is 18.4 Å². The summed E-state index contributed by atoms with van der Waals surface area (Å²) in [6, 6.07) is 20.9. The van der Waals surface area contributed by atoms with Crippen LogP contribution in [0.3, 0.4) is 0 Å². The summed E-state index contributed by atoms with van der Waals surface area (Å²) in [7, 11) is 1.53. The molecule has 1 aliphatic heterocycles. The molecule has 0 saturated carbocycles. The van der Waals surface area contributed by atoms with E-state index in [1.165, 1.54) is 23.9 Å². The Morgan fingerprint density at radius 1 is 1.13 bits per heavy atom. The summed E-state index contributed by atoms with van der Waals surface area (Å²) in [5.74, 6) is 1.51. The molecule has 2 aliphatic rings.